The van der Waals surface area contributed by atoms with Gasteiger partial charge in [0.2, 0.25) is 5.91 Å². The number of carbonyl (C=O) groups excluding carboxylic acids is 2. The molecule has 0 saturated heterocycles. The maximum Gasteiger partial charge on any atom is 0.408 e. The SMILES string of the molecule is O=C(N[C@@H](Cc1c[nH]c2cccc(O)c12)C(=O)NCC1CC(Br)=NO1)OCc1ccccc1. The van der Waals surface area contributed by atoms with Crippen molar-refractivity contribution in [1.29, 1.82) is 0 Å². The summed E-state index contributed by atoms with van der Waals surface area (Å²) in [5.41, 5.74) is 2.26. The molecule has 3 aromatic rings. The van der Waals surface area contributed by atoms with Gasteiger partial charge in [0.15, 0.2) is 6.10 Å². The number of rotatable bonds is 8. The molecule has 0 aliphatic carbocycles. The molecule has 0 bridgehead atoms. The summed E-state index contributed by atoms with van der Waals surface area (Å²) in [6, 6.07) is 13.4. The minimum atomic E-state index is -0.933. The molecule has 0 saturated carbocycles. The molecule has 4 N–H and O–H groups in total. The fourth-order valence-electron chi connectivity index (χ4n) is 3.57. The van der Waals surface area contributed by atoms with Gasteiger partial charge in [-0.3, -0.25) is 4.79 Å². The molecule has 0 spiro atoms. The van der Waals surface area contributed by atoms with Gasteiger partial charge < -0.3 is 30.3 Å². The number of aromatic amines is 1. The quantitative estimate of drug-likeness (QED) is 0.367. The molecule has 0 fully saturated rings. The number of fused-ring (bicyclic) bond motifs is 1. The van der Waals surface area contributed by atoms with Crippen LogP contribution in [0.4, 0.5) is 4.79 Å². The van der Waals surface area contributed by atoms with Crippen LogP contribution in [-0.2, 0) is 27.4 Å². The number of alkyl carbamates (subject to hydrolysis) is 1. The molecule has 4 rings (SSSR count). The molecule has 33 heavy (non-hydrogen) atoms. The Morgan fingerprint density at radius 3 is 2.82 bits per heavy atom. The number of phenolic OH excluding ortho intramolecular Hbond substituents is 1. The first-order chi connectivity index (χ1) is 16.0. The van der Waals surface area contributed by atoms with Crippen molar-refractivity contribution in [3.8, 4) is 5.75 Å². The average Bonchev–Trinajstić information content (AvgIpc) is 3.43. The predicted molar refractivity (Wildman–Crippen MR) is 126 cm³/mol. The molecule has 1 aliphatic rings. The van der Waals surface area contributed by atoms with E-state index in [2.05, 4.69) is 36.7 Å². The molecule has 2 amide bonds. The summed E-state index contributed by atoms with van der Waals surface area (Å²) in [7, 11) is 0. The molecule has 1 aliphatic heterocycles. The summed E-state index contributed by atoms with van der Waals surface area (Å²) in [6.45, 7) is 0.310. The van der Waals surface area contributed by atoms with Crippen LogP contribution in [0.25, 0.3) is 10.9 Å². The number of nitrogens with zero attached hydrogens (tertiary/aromatic N) is 1. The number of aromatic nitrogens is 1. The molecule has 0 radical (unpaired) electrons. The highest BCUT2D eigenvalue weighted by Crippen LogP contribution is 2.28. The predicted octanol–water partition coefficient (Wildman–Crippen LogP) is 3.32. The van der Waals surface area contributed by atoms with E-state index >= 15 is 0 Å². The summed E-state index contributed by atoms with van der Waals surface area (Å²) in [6.07, 6.45) is 1.41. The average molecular weight is 515 g/mol. The minimum absolute atomic E-state index is 0.0795. The molecule has 1 aromatic heterocycles. The summed E-state index contributed by atoms with van der Waals surface area (Å²) in [5.74, 6) is -0.307. The standard InChI is InChI=1S/C23H23BrN4O5/c24-20-10-16(33-28-20)12-26-22(30)18(27-23(31)32-13-14-5-2-1-3-6-14)9-15-11-25-17-7-4-8-19(29)21(15)17/h1-8,11,16,18,25,29H,9-10,12-13H2,(H,26,30)(H,27,31)/t16?,18-/m0/s1. The van der Waals surface area contributed by atoms with E-state index < -0.39 is 18.0 Å². The lowest BCUT2D eigenvalue weighted by atomic mass is 10.0. The number of benzene rings is 2. The third-order valence-electron chi connectivity index (χ3n) is 5.21. The number of ether oxygens (including phenoxy) is 1. The Kier molecular flexibility index (Phi) is 7.13. The lowest BCUT2D eigenvalue weighted by molar-refractivity contribution is -0.123. The van der Waals surface area contributed by atoms with E-state index in [1.54, 1.807) is 18.3 Å². The van der Waals surface area contributed by atoms with E-state index in [0.717, 1.165) is 11.1 Å². The highest BCUT2D eigenvalue weighted by molar-refractivity contribution is 9.18. The van der Waals surface area contributed by atoms with Crippen LogP contribution in [-0.4, -0.2) is 45.4 Å². The van der Waals surface area contributed by atoms with Gasteiger partial charge in [0, 0.05) is 29.9 Å². The van der Waals surface area contributed by atoms with Gasteiger partial charge in [0.25, 0.3) is 0 Å². The molecule has 2 heterocycles. The Hall–Kier alpha value is -3.53. The number of hydrogen-bond donors (Lipinski definition) is 4. The normalized spacial score (nSPS) is 16.0. The van der Waals surface area contributed by atoms with Crippen LogP contribution >= 0.6 is 15.9 Å². The summed E-state index contributed by atoms with van der Waals surface area (Å²) in [5, 5.41) is 20.1. The van der Waals surface area contributed by atoms with Crippen LogP contribution in [0.2, 0.25) is 0 Å². The number of phenols is 1. The highest BCUT2D eigenvalue weighted by Gasteiger charge is 2.26. The van der Waals surface area contributed by atoms with Crippen LogP contribution in [0.5, 0.6) is 5.75 Å². The second-order valence-electron chi connectivity index (χ2n) is 7.62. The fraction of sp³-hybridized carbons (Fsp3) is 0.261. The molecule has 172 valence electrons. The zero-order valence-electron chi connectivity index (χ0n) is 17.6. The zero-order valence-corrected chi connectivity index (χ0v) is 19.2. The van der Waals surface area contributed by atoms with E-state index in [9.17, 15) is 14.7 Å². The maximum atomic E-state index is 13.0. The van der Waals surface area contributed by atoms with Gasteiger partial charge in [-0.2, -0.15) is 0 Å². The van der Waals surface area contributed by atoms with Crippen LogP contribution < -0.4 is 10.6 Å². The minimum Gasteiger partial charge on any atom is -0.507 e. The van der Waals surface area contributed by atoms with Gasteiger partial charge >= 0.3 is 6.09 Å². The molecule has 2 aromatic carbocycles. The van der Waals surface area contributed by atoms with Crippen molar-refractivity contribution in [1.82, 2.24) is 15.6 Å². The number of hydrogen-bond acceptors (Lipinski definition) is 6. The van der Waals surface area contributed by atoms with Crippen LogP contribution in [0, 0.1) is 0 Å². The number of halogens is 1. The highest BCUT2D eigenvalue weighted by atomic mass is 79.9. The van der Waals surface area contributed by atoms with E-state index in [-0.39, 0.29) is 31.4 Å². The molecule has 2 atom stereocenters. The Labute approximate surface area is 198 Å². The van der Waals surface area contributed by atoms with E-state index in [1.807, 2.05) is 36.4 Å². The van der Waals surface area contributed by atoms with Crippen molar-refractivity contribution in [3.05, 3.63) is 65.9 Å². The topological polar surface area (TPSA) is 125 Å². The van der Waals surface area contributed by atoms with Crippen molar-refractivity contribution in [2.75, 3.05) is 6.54 Å². The Morgan fingerprint density at radius 2 is 2.06 bits per heavy atom. The molecular weight excluding hydrogens is 492 g/mol. The number of carbonyl (C=O) groups is 2. The monoisotopic (exact) mass is 514 g/mol. The summed E-state index contributed by atoms with van der Waals surface area (Å²) < 4.78 is 5.97. The third-order valence-corrected chi connectivity index (χ3v) is 5.68. The Bertz CT molecular complexity index is 1160. The van der Waals surface area contributed by atoms with Crippen LogP contribution in [0.1, 0.15) is 17.5 Å². The van der Waals surface area contributed by atoms with Gasteiger partial charge in [0.05, 0.1) is 6.54 Å². The lowest BCUT2D eigenvalue weighted by Gasteiger charge is -2.19. The van der Waals surface area contributed by atoms with E-state index in [4.69, 9.17) is 9.57 Å². The maximum absolute atomic E-state index is 13.0. The van der Waals surface area contributed by atoms with Gasteiger partial charge in [-0.1, -0.05) is 41.6 Å². The van der Waals surface area contributed by atoms with Crippen molar-refractivity contribution in [2.24, 2.45) is 5.16 Å². The van der Waals surface area contributed by atoms with E-state index in [1.165, 1.54) is 0 Å². The molecule has 10 heteroatoms. The lowest BCUT2D eigenvalue weighted by Crippen LogP contribution is -2.49. The van der Waals surface area contributed by atoms with E-state index in [0.29, 0.717) is 22.0 Å². The largest absolute Gasteiger partial charge is 0.507 e. The first-order valence-corrected chi connectivity index (χ1v) is 11.2. The van der Waals surface area contributed by atoms with Crippen molar-refractivity contribution < 1.29 is 24.3 Å². The van der Waals surface area contributed by atoms with Crippen molar-refractivity contribution in [2.45, 2.75) is 31.6 Å². The second-order valence-corrected chi connectivity index (χ2v) is 8.54. The van der Waals surface area contributed by atoms with Gasteiger partial charge in [-0.25, -0.2) is 4.79 Å². The third kappa shape index (κ3) is 5.83. The number of nitrogens with one attached hydrogen (secondary N) is 3. The van der Waals surface area contributed by atoms with Crippen molar-refractivity contribution >= 4 is 43.5 Å². The molecular formula is C23H23BrN4O5. The van der Waals surface area contributed by atoms with Gasteiger partial charge in [0.1, 0.15) is 23.0 Å². The first kappa shape index (κ1) is 22.7. The Morgan fingerprint density at radius 1 is 1.24 bits per heavy atom. The first-order valence-electron chi connectivity index (χ1n) is 10.4. The smallest absolute Gasteiger partial charge is 0.408 e. The summed E-state index contributed by atoms with van der Waals surface area (Å²) in [4.78, 5) is 33.8. The van der Waals surface area contributed by atoms with Gasteiger partial charge in [-0.05, 0) is 39.2 Å². The molecule has 1 unspecified atom stereocenters. The number of oxime groups is 1. The van der Waals surface area contributed by atoms with Crippen LogP contribution in [0.15, 0.2) is 59.9 Å². The van der Waals surface area contributed by atoms with Crippen molar-refractivity contribution in [3.63, 3.8) is 0 Å². The second kappa shape index (κ2) is 10.4. The van der Waals surface area contributed by atoms with Gasteiger partial charge in [-0.15, -0.1) is 0 Å². The fourth-order valence-corrected chi connectivity index (χ4v) is 4.02. The zero-order chi connectivity index (χ0) is 23.2. The Balaban J connectivity index is 1.44. The number of amides is 2. The number of H-pyrrole nitrogens is 1. The van der Waals surface area contributed by atoms with Crippen LogP contribution in [0.3, 0.4) is 0 Å². The summed E-state index contributed by atoms with van der Waals surface area (Å²) >= 11 is 3.27. The molecule has 9 nitrogen and oxygen atoms in total. The number of aromatic hydroxyl groups is 1.